The van der Waals surface area contributed by atoms with E-state index in [0.29, 0.717) is 6.61 Å². The van der Waals surface area contributed by atoms with Gasteiger partial charge in [-0.25, -0.2) is 4.79 Å². The zero-order chi connectivity index (χ0) is 17.7. The molecule has 144 valence electrons. The van der Waals surface area contributed by atoms with Gasteiger partial charge in [0.05, 0.1) is 6.61 Å². The lowest BCUT2D eigenvalue weighted by atomic mass is 10.1. The highest BCUT2D eigenvalue weighted by Crippen LogP contribution is 2.10. The Bertz CT molecular complexity index is 256. The summed E-state index contributed by atoms with van der Waals surface area (Å²) in [5, 5.41) is 2.85. The van der Waals surface area contributed by atoms with E-state index < -0.39 is 0 Å². The monoisotopic (exact) mass is 341 g/mol. The quantitative estimate of drug-likeness (QED) is 0.273. The van der Waals surface area contributed by atoms with Gasteiger partial charge in [-0.05, 0) is 12.8 Å². The van der Waals surface area contributed by atoms with Gasteiger partial charge in [0.1, 0.15) is 0 Å². The Morgan fingerprint density at radius 3 is 1.54 bits per heavy atom. The van der Waals surface area contributed by atoms with Gasteiger partial charge in [0.15, 0.2) is 0 Å². The lowest BCUT2D eigenvalue weighted by Gasteiger charge is -2.07. The van der Waals surface area contributed by atoms with Gasteiger partial charge >= 0.3 is 6.09 Å². The molecule has 0 aromatic heterocycles. The van der Waals surface area contributed by atoms with Crippen LogP contribution in [-0.4, -0.2) is 19.2 Å². The molecule has 0 fully saturated rings. The molecular formula is C21H43NO2. The predicted octanol–water partition coefficient (Wildman–Crippen LogP) is 6.99. The Balaban J connectivity index is 3.12. The standard InChI is InChI=1S/C21H43NO2/c1-3-5-7-9-11-12-13-14-16-18-20-24-21(23)22-19-17-15-10-8-6-4-2/h3-20H2,1-2H3,(H,22,23). The Labute approximate surface area is 151 Å². The first-order valence-electron chi connectivity index (χ1n) is 10.7. The molecule has 0 heterocycles. The minimum atomic E-state index is -0.237. The van der Waals surface area contributed by atoms with Crippen LogP contribution in [0.3, 0.4) is 0 Å². The van der Waals surface area contributed by atoms with Crippen LogP contribution >= 0.6 is 0 Å². The molecule has 1 amide bonds. The molecule has 24 heavy (non-hydrogen) atoms. The summed E-state index contributed by atoms with van der Waals surface area (Å²) in [6.07, 6.45) is 20.3. The number of hydrogen-bond acceptors (Lipinski definition) is 2. The largest absolute Gasteiger partial charge is 0.450 e. The van der Waals surface area contributed by atoms with E-state index in [1.807, 2.05) is 0 Å². The van der Waals surface area contributed by atoms with Crippen LogP contribution in [0, 0.1) is 0 Å². The van der Waals surface area contributed by atoms with E-state index in [1.54, 1.807) is 0 Å². The van der Waals surface area contributed by atoms with E-state index in [4.69, 9.17) is 4.74 Å². The summed E-state index contributed by atoms with van der Waals surface area (Å²) in [7, 11) is 0. The highest BCUT2D eigenvalue weighted by atomic mass is 16.5. The van der Waals surface area contributed by atoms with E-state index >= 15 is 0 Å². The number of ether oxygens (including phenoxy) is 1. The molecule has 0 spiro atoms. The van der Waals surface area contributed by atoms with Crippen molar-refractivity contribution in [3.05, 3.63) is 0 Å². The maximum Gasteiger partial charge on any atom is 0.407 e. The number of carbonyl (C=O) groups excluding carboxylic acids is 1. The van der Waals surface area contributed by atoms with Gasteiger partial charge in [-0.1, -0.05) is 104 Å². The smallest absolute Gasteiger partial charge is 0.407 e. The third-order valence-electron chi connectivity index (χ3n) is 4.53. The van der Waals surface area contributed by atoms with Crippen LogP contribution in [0.1, 0.15) is 117 Å². The average Bonchev–Trinajstić information content (AvgIpc) is 2.59. The van der Waals surface area contributed by atoms with Crippen molar-refractivity contribution in [1.82, 2.24) is 5.32 Å². The Morgan fingerprint density at radius 1 is 0.625 bits per heavy atom. The zero-order valence-electron chi connectivity index (χ0n) is 16.5. The van der Waals surface area contributed by atoms with Crippen molar-refractivity contribution in [2.45, 2.75) is 117 Å². The summed E-state index contributed by atoms with van der Waals surface area (Å²) < 4.78 is 5.21. The topological polar surface area (TPSA) is 38.3 Å². The van der Waals surface area contributed by atoms with Crippen LogP contribution in [0.15, 0.2) is 0 Å². The molecule has 0 radical (unpaired) electrons. The van der Waals surface area contributed by atoms with Crippen molar-refractivity contribution in [1.29, 1.82) is 0 Å². The van der Waals surface area contributed by atoms with Gasteiger partial charge in [-0.3, -0.25) is 0 Å². The molecule has 0 bridgehead atoms. The second-order valence-corrected chi connectivity index (χ2v) is 7.01. The molecule has 3 nitrogen and oxygen atoms in total. The molecule has 0 aliphatic carbocycles. The van der Waals surface area contributed by atoms with Gasteiger partial charge < -0.3 is 10.1 Å². The second-order valence-electron chi connectivity index (χ2n) is 7.01. The Hall–Kier alpha value is -0.730. The van der Waals surface area contributed by atoms with Gasteiger partial charge in [-0.2, -0.15) is 0 Å². The maximum absolute atomic E-state index is 11.5. The molecule has 0 aliphatic rings. The first kappa shape index (κ1) is 23.3. The number of nitrogens with one attached hydrogen (secondary N) is 1. The average molecular weight is 342 g/mol. The van der Waals surface area contributed by atoms with E-state index in [2.05, 4.69) is 19.2 Å². The summed E-state index contributed by atoms with van der Waals surface area (Å²) in [6, 6.07) is 0. The molecule has 0 saturated heterocycles. The third-order valence-corrected chi connectivity index (χ3v) is 4.53. The molecule has 3 heteroatoms. The lowest BCUT2D eigenvalue weighted by Crippen LogP contribution is -2.25. The number of amides is 1. The Morgan fingerprint density at radius 2 is 1.04 bits per heavy atom. The fraction of sp³-hybridized carbons (Fsp3) is 0.952. The first-order chi connectivity index (χ1) is 11.8. The van der Waals surface area contributed by atoms with Crippen LogP contribution in [0.25, 0.3) is 0 Å². The number of hydrogen-bond donors (Lipinski definition) is 1. The SMILES string of the molecule is CCCCCCCCCCCCOC(=O)NCCCCCCCC. The molecule has 0 saturated carbocycles. The van der Waals surface area contributed by atoms with E-state index in [1.165, 1.54) is 89.9 Å². The van der Waals surface area contributed by atoms with Crippen LogP contribution in [0.4, 0.5) is 4.79 Å². The van der Waals surface area contributed by atoms with E-state index in [-0.39, 0.29) is 6.09 Å². The van der Waals surface area contributed by atoms with Gasteiger partial charge in [0, 0.05) is 6.54 Å². The van der Waals surface area contributed by atoms with Gasteiger partial charge in [0.2, 0.25) is 0 Å². The summed E-state index contributed by atoms with van der Waals surface area (Å²) in [4.78, 5) is 11.5. The van der Waals surface area contributed by atoms with Crippen LogP contribution in [0.2, 0.25) is 0 Å². The fourth-order valence-electron chi connectivity index (χ4n) is 2.90. The molecule has 0 aromatic rings. The minimum absolute atomic E-state index is 0.237. The zero-order valence-corrected chi connectivity index (χ0v) is 16.5. The van der Waals surface area contributed by atoms with Gasteiger partial charge in [0.25, 0.3) is 0 Å². The lowest BCUT2D eigenvalue weighted by molar-refractivity contribution is 0.143. The minimum Gasteiger partial charge on any atom is -0.450 e. The molecule has 0 atom stereocenters. The molecular weight excluding hydrogens is 298 g/mol. The second kappa shape index (κ2) is 20.3. The highest BCUT2D eigenvalue weighted by molar-refractivity contribution is 5.66. The molecule has 1 N–H and O–H groups in total. The Kier molecular flexibility index (Phi) is 19.7. The molecule has 0 aliphatic heterocycles. The van der Waals surface area contributed by atoms with Crippen LogP contribution in [0.5, 0.6) is 0 Å². The molecule has 0 aromatic carbocycles. The summed E-state index contributed by atoms with van der Waals surface area (Å²) in [5.41, 5.74) is 0. The van der Waals surface area contributed by atoms with Crippen molar-refractivity contribution < 1.29 is 9.53 Å². The van der Waals surface area contributed by atoms with Crippen LogP contribution in [-0.2, 0) is 4.74 Å². The van der Waals surface area contributed by atoms with Crippen molar-refractivity contribution in [3.63, 3.8) is 0 Å². The molecule has 0 unspecified atom stereocenters. The first-order valence-corrected chi connectivity index (χ1v) is 10.7. The third kappa shape index (κ3) is 19.3. The highest BCUT2D eigenvalue weighted by Gasteiger charge is 2.00. The molecule has 0 rings (SSSR count). The summed E-state index contributed by atoms with van der Waals surface area (Å²) >= 11 is 0. The predicted molar refractivity (Wildman–Crippen MR) is 105 cm³/mol. The number of carbonyl (C=O) groups is 1. The van der Waals surface area contributed by atoms with Crippen molar-refractivity contribution in [2.24, 2.45) is 0 Å². The fourth-order valence-corrected chi connectivity index (χ4v) is 2.90. The van der Waals surface area contributed by atoms with Gasteiger partial charge in [-0.15, -0.1) is 0 Å². The maximum atomic E-state index is 11.5. The van der Waals surface area contributed by atoms with Crippen molar-refractivity contribution in [2.75, 3.05) is 13.2 Å². The summed E-state index contributed by atoms with van der Waals surface area (Å²) in [6.45, 7) is 5.81. The number of alkyl carbamates (subject to hydrolysis) is 1. The van der Waals surface area contributed by atoms with E-state index in [0.717, 1.165) is 19.4 Å². The van der Waals surface area contributed by atoms with Crippen molar-refractivity contribution >= 4 is 6.09 Å². The number of rotatable bonds is 18. The van der Waals surface area contributed by atoms with Crippen molar-refractivity contribution in [3.8, 4) is 0 Å². The normalized spacial score (nSPS) is 10.8. The van der Waals surface area contributed by atoms with Crippen LogP contribution < -0.4 is 5.32 Å². The number of unbranched alkanes of at least 4 members (excludes halogenated alkanes) is 14. The van der Waals surface area contributed by atoms with E-state index in [9.17, 15) is 4.79 Å². The summed E-state index contributed by atoms with van der Waals surface area (Å²) in [5.74, 6) is 0.